The molecule has 4 aromatic rings. The number of nitrogens with zero attached hydrogens (tertiary/aromatic N) is 1. The molecule has 0 unspecified atom stereocenters. The van der Waals surface area contributed by atoms with Crippen LogP contribution in [0.25, 0.3) is 22.0 Å². The number of anilines is 2. The molecular weight excluding hydrogens is 522 g/mol. The van der Waals surface area contributed by atoms with Gasteiger partial charge in [-0.3, -0.25) is 0 Å². The highest BCUT2D eigenvalue weighted by Crippen LogP contribution is 2.46. The average molecular weight is 554 g/mol. The Bertz CT molecular complexity index is 1820. The number of rotatable bonds is 8. The summed E-state index contributed by atoms with van der Waals surface area (Å²) < 4.78 is 10.8. The van der Waals surface area contributed by atoms with E-state index in [2.05, 4.69) is 60.5 Å². The molecule has 4 aromatic carbocycles. The first-order valence-corrected chi connectivity index (χ1v) is 13.9. The molecule has 6 rings (SSSR count). The second-order valence-electron chi connectivity index (χ2n) is 10.8. The topological polar surface area (TPSA) is 55.8 Å². The SMILES string of the molecule is C=C(C)C(=O)OCc1ccc(N(C2=CCC3=CCc4cccc5ccc2c3c45)c2ccc(OC(=O)C(=C)C)cc2)cc1. The predicted octanol–water partition coefficient (Wildman–Crippen LogP) is 8.46. The van der Waals surface area contributed by atoms with E-state index < -0.39 is 11.9 Å². The highest BCUT2D eigenvalue weighted by Gasteiger charge is 2.27. The molecule has 2 aliphatic carbocycles. The van der Waals surface area contributed by atoms with Crippen molar-refractivity contribution in [1.82, 2.24) is 0 Å². The summed E-state index contributed by atoms with van der Waals surface area (Å²) in [6.45, 7) is 10.7. The van der Waals surface area contributed by atoms with Crippen molar-refractivity contribution < 1.29 is 19.1 Å². The van der Waals surface area contributed by atoms with Crippen molar-refractivity contribution in [3.05, 3.63) is 138 Å². The van der Waals surface area contributed by atoms with E-state index in [1.165, 1.54) is 33.0 Å². The molecule has 0 spiro atoms. The van der Waals surface area contributed by atoms with Crippen molar-refractivity contribution in [1.29, 1.82) is 0 Å². The summed E-state index contributed by atoms with van der Waals surface area (Å²) in [7, 11) is 0. The molecule has 0 fully saturated rings. The van der Waals surface area contributed by atoms with E-state index in [1.807, 2.05) is 36.4 Å². The van der Waals surface area contributed by atoms with E-state index in [4.69, 9.17) is 9.47 Å². The van der Waals surface area contributed by atoms with E-state index in [0.717, 1.165) is 35.5 Å². The fraction of sp³-hybridized carbons (Fsp3) is 0.135. The Hall–Kier alpha value is -5.16. The van der Waals surface area contributed by atoms with Crippen LogP contribution in [0.3, 0.4) is 0 Å². The fourth-order valence-electron chi connectivity index (χ4n) is 5.52. The summed E-state index contributed by atoms with van der Waals surface area (Å²) in [6.07, 6.45) is 6.41. The lowest BCUT2D eigenvalue weighted by Crippen LogP contribution is -2.19. The molecule has 0 aromatic heterocycles. The molecule has 0 radical (unpaired) electrons. The molecule has 42 heavy (non-hydrogen) atoms. The van der Waals surface area contributed by atoms with Gasteiger partial charge in [-0.1, -0.05) is 67.8 Å². The van der Waals surface area contributed by atoms with Crippen molar-refractivity contribution in [3.63, 3.8) is 0 Å². The number of carbonyl (C=O) groups is 2. The number of allylic oxidation sites excluding steroid dienone is 3. The summed E-state index contributed by atoms with van der Waals surface area (Å²) in [5.41, 5.74) is 9.71. The minimum atomic E-state index is -0.456. The monoisotopic (exact) mass is 553 g/mol. The maximum absolute atomic E-state index is 12.1. The number of hydrogen-bond acceptors (Lipinski definition) is 5. The van der Waals surface area contributed by atoms with Gasteiger partial charge in [-0.15, -0.1) is 0 Å². The zero-order valence-electron chi connectivity index (χ0n) is 23.8. The van der Waals surface area contributed by atoms with Gasteiger partial charge in [-0.25, -0.2) is 9.59 Å². The Morgan fingerprint density at radius 3 is 2.17 bits per heavy atom. The molecule has 5 nitrogen and oxygen atoms in total. The fourth-order valence-corrected chi connectivity index (χ4v) is 5.52. The first-order chi connectivity index (χ1) is 20.3. The van der Waals surface area contributed by atoms with Gasteiger partial charge in [0.25, 0.3) is 0 Å². The standard InChI is InChI=1S/C37H31NO4/c1-23(2)36(39)41-22-25-8-14-29(15-9-25)38(30-16-18-31(19-17-30)42-37(40)24(3)4)33-21-13-28-11-10-26-6-5-7-27-12-20-32(33)35(28)34(26)27/h5-9,11-12,14-21H,1,3,10,13,22H2,2,4H3. The third-order valence-corrected chi connectivity index (χ3v) is 7.62. The normalized spacial score (nSPS) is 13.1. The number of esters is 2. The van der Waals surface area contributed by atoms with Crippen molar-refractivity contribution in [2.24, 2.45) is 0 Å². The maximum atomic E-state index is 12.1. The molecule has 0 aliphatic heterocycles. The number of hydrogen-bond donors (Lipinski definition) is 0. The zero-order valence-corrected chi connectivity index (χ0v) is 23.8. The van der Waals surface area contributed by atoms with Gasteiger partial charge in [-0.2, -0.15) is 0 Å². The van der Waals surface area contributed by atoms with E-state index in [9.17, 15) is 9.59 Å². The zero-order chi connectivity index (χ0) is 29.4. The van der Waals surface area contributed by atoms with Crippen LogP contribution in [0.15, 0.2) is 115 Å². The minimum absolute atomic E-state index is 0.170. The van der Waals surface area contributed by atoms with Gasteiger partial charge in [0.05, 0.1) is 5.70 Å². The lowest BCUT2D eigenvalue weighted by molar-refractivity contribution is -0.140. The quantitative estimate of drug-likeness (QED) is 0.124. The molecule has 0 N–H and O–H groups in total. The van der Waals surface area contributed by atoms with Crippen LogP contribution >= 0.6 is 0 Å². The Morgan fingerprint density at radius 2 is 1.48 bits per heavy atom. The minimum Gasteiger partial charge on any atom is -0.457 e. The van der Waals surface area contributed by atoms with E-state index in [0.29, 0.717) is 16.9 Å². The molecule has 208 valence electrons. The summed E-state index contributed by atoms with van der Waals surface area (Å²) in [5.74, 6) is -0.411. The van der Waals surface area contributed by atoms with Gasteiger partial charge in [0.2, 0.25) is 0 Å². The van der Waals surface area contributed by atoms with Crippen LogP contribution in [0.4, 0.5) is 11.4 Å². The van der Waals surface area contributed by atoms with Gasteiger partial charge in [0, 0.05) is 28.1 Å². The van der Waals surface area contributed by atoms with E-state index in [1.54, 1.807) is 26.0 Å². The summed E-state index contributed by atoms with van der Waals surface area (Å²) in [5, 5.41) is 2.58. The summed E-state index contributed by atoms with van der Waals surface area (Å²) >= 11 is 0. The van der Waals surface area contributed by atoms with Gasteiger partial charge in [0.15, 0.2) is 0 Å². The van der Waals surface area contributed by atoms with Crippen LogP contribution in [0.5, 0.6) is 5.75 Å². The molecule has 0 saturated heterocycles. The molecule has 2 aliphatic rings. The Labute approximate surface area is 245 Å². The van der Waals surface area contributed by atoms with Crippen molar-refractivity contribution in [2.45, 2.75) is 33.3 Å². The second kappa shape index (κ2) is 11.0. The molecular formula is C37H31NO4. The lowest BCUT2D eigenvalue weighted by Gasteiger charge is -2.34. The highest BCUT2D eigenvalue weighted by atomic mass is 16.5. The number of ether oxygens (including phenoxy) is 2. The maximum Gasteiger partial charge on any atom is 0.338 e. The molecule has 0 amide bonds. The van der Waals surface area contributed by atoms with Crippen LogP contribution in [-0.2, 0) is 27.4 Å². The van der Waals surface area contributed by atoms with E-state index in [-0.39, 0.29) is 6.61 Å². The molecule has 0 saturated carbocycles. The van der Waals surface area contributed by atoms with Crippen LogP contribution < -0.4 is 9.64 Å². The van der Waals surface area contributed by atoms with Crippen molar-refractivity contribution >= 4 is 45.4 Å². The molecule has 0 bridgehead atoms. The second-order valence-corrected chi connectivity index (χ2v) is 10.8. The summed E-state index contributed by atoms with van der Waals surface area (Å²) in [6, 6.07) is 26.4. The van der Waals surface area contributed by atoms with E-state index >= 15 is 0 Å². The predicted molar refractivity (Wildman–Crippen MR) is 168 cm³/mol. The van der Waals surface area contributed by atoms with Crippen LogP contribution in [0, 0.1) is 0 Å². The molecule has 5 heteroatoms. The third kappa shape index (κ3) is 5.06. The number of carbonyl (C=O) groups excluding carboxylic acids is 2. The van der Waals surface area contributed by atoms with Crippen LogP contribution in [-0.4, -0.2) is 11.9 Å². The average Bonchev–Trinajstić information content (AvgIpc) is 3.00. The third-order valence-electron chi connectivity index (χ3n) is 7.62. The molecule has 0 atom stereocenters. The van der Waals surface area contributed by atoms with Crippen LogP contribution in [0.1, 0.15) is 42.5 Å². The van der Waals surface area contributed by atoms with Crippen molar-refractivity contribution in [3.8, 4) is 5.75 Å². The molecule has 0 heterocycles. The van der Waals surface area contributed by atoms with Gasteiger partial charge in [-0.05, 0) is 96.1 Å². The van der Waals surface area contributed by atoms with Crippen LogP contribution in [0.2, 0.25) is 0 Å². The Kier molecular flexibility index (Phi) is 7.09. The summed E-state index contributed by atoms with van der Waals surface area (Å²) in [4.78, 5) is 26.2. The first-order valence-electron chi connectivity index (χ1n) is 13.9. The van der Waals surface area contributed by atoms with Gasteiger partial charge < -0.3 is 14.4 Å². The highest BCUT2D eigenvalue weighted by molar-refractivity contribution is 6.06. The lowest BCUT2D eigenvalue weighted by atomic mass is 9.80. The number of benzene rings is 4. The van der Waals surface area contributed by atoms with Crippen molar-refractivity contribution in [2.75, 3.05) is 4.90 Å². The largest absolute Gasteiger partial charge is 0.457 e. The van der Waals surface area contributed by atoms with Gasteiger partial charge >= 0.3 is 11.9 Å². The van der Waals surface area contributed by atoms with Gasteiger partial charge in [0.1, 0.15) is 12.4 Å². The Balaban J connectivity index is 1.42. The smallest absolute Gasteiger partial charge is 0.338 e. The Morgan fingerprint density at radius 1 is 0.786 bits per heavy atom. The first kappa shape index (κ1) is 27.0.